The van der Waals surface area contributed by atoms with E-state index in [1.165, 1.54) is 6.07 Å². The van der Waals surface area contributed by atoms with Crippen LogP contribution in [0.25, 0.3) is 0 Å². The van der Waals surface area contributed by atoms with Crippen LogP contribution >= 0.6 is 0 Å². The van der Waals surface area contributed by atoms with Gasteiger partial charge in [0, 0.05) is 11.4 Å². The molecule has 0 amide bonds. The van der Waals surface area contributed by atoms with E-state index in [2.05, 4.69) is 20.3 Å². The molecule has 2 aromatic rings. The normalized spacial score (nSPS) is 11.4. The van der Waals surface area contributed by atoms with Gasteiger partial charge < -0.3 is 11.1 Å². The van der Waals surface area contributed by atoms with E-state index in [9.17, 15) is 4.39 Å². The molecule has 0 saturated heterocycles. The molecule has 2 rings (SSSR count). The number of aliphatic imine (C=N–C) groups is 1. The van der Waals surface area contributed by atoms with Gasteiger partial charge in [0.2, 0.25) is 5.96 Å². The van der Waals surface area contributed by atoms with Crippen LogP contribution < -0.4 is 11.1 Å². The topological polar surface area (TPSA) is 76.2 Å². The molecular weight excluding hydrogens is 245 g/mol. The second-order valence-electron chi connectivity index (χ2n) is 4.05. The van der Waals surface area contributed by atoms with E-state index < -0.39 is 5.82 Å². The quantitative estimate of drug-likeness (QED) is 0.641. The lowest BCUT2D eigenvalue weighted by Crippen LogP contribution is -2.22. The van der Waals surface area contributed by atoms with Gasteiger partial charge in [-0.05, 0) is 32.0 Å². The van der Waals surface area contributed by atoms with Crippen molar-refractivity contribution >= 4 is 17.6 Å². The Morgan fingerprint density at radius 2 is 1.84 bits per heavy atom. The first-order valence-corrected chi connectivity index (χ1v) is 5.72. The minimum absolute atomic E-state index is 0.0371. The van der Waals surface area contributed by atoms with E-state index in [-0.39, 0.29) is 17.6 Å². The molecule has 5 nitrogen and oxygen atoms in total. The maximum absolute atomic E-state index is 13.4. The summed E-state index contributed by atoms with van der Waals surface area (Å²) in [6, 6.07) is 8.04. The van der Waals surface area contributed by atoms with Crippen LogP contribution in [0, 0.1) is 19.7 Å². The number of aryl methyl sites for hydroxylation is 2. The number of nitrogens with one attached hydrogen (secondary N) is 1. The smallest absolute Gasteiger partial charge is 0.253 e. The third-order valence-corrected chi connectivity index (χ3v) is 2.33. The summed E-state index contributed by atoms with van der Waals surface area (Å²) < 4.78 is 13.4. The molecule has 0 fully saturated rings. The van der Waals surface area contributed by atoms with Crippen molar-refractivity contribution in [2.24, 2.45) is 10.7 Å². The first kappa shape index (κ1) is 12.9. The van der Waals surface area contributed by atoms with Crippen LogP contribution in [-0.4, -0.2) is 15.9 Å². The zero-order valence-corrected chi connectivity index (χ0v) is 10.7. The Morgan fingerprint density at radius 3 is 2.47 bits per heavy atom. The maximum atomic E-state index is 13.4. The van der Waals surface area contributed by atoms with Gasteiger partial charge in [-0.15, -0.1) is 0 Å². The summed E-state index contributed by atoms with van der Waals surface area (Å²) in [6.07, 6.45) is 0. The van der Waals surface area contributed by atoms with Crippen LogP contribution in [0.1, 0.15) is 11.4 Å². The minimum Gasteiger partial charge on any atom is -0.369 e. The fraction of sp³-hybridized carbons (Fsp3) is 0.154. The van der Waals surface area contributed by atoms with Crippen molar-refractivity contribution in [1.82, 2.24) is 9.97 Å². The highest BCUT2D eigenvalue weighted by Gasteiger charge is 2.03. The molecule has 98 valence electrons. The molecule has 19 heavy (non-hydrogen) atoms. The highest BCUT2D eigenvalue weighted by atomic mass is 19.1. The minimum atomic E-state index is -0.401. The predicted octanol–water partition coefficient (Wildman–Crippen LogP) is 2.29. The van der Waals surface area contributed by atoms with Crippen molar-refractivity contribution in [3.05, 3.63) is 47.5 Å². The van der Waals surface area contributed by atoms with Crippen LogP contribution in [0.15, 0.2) is 35.3 Å². The fourth-order valence-electron chi connectivity index (χ4n) is 1.59. The van der Waals surface area contributed by atoms with Gasteiger partial charge in [-0.25, -0.2) is 14.4 Å². The number of para-hydroxylation sites is 1. The molecule has 3 N–H and O–H groups in total. The highest BCUT2D eigenvalue weighted by molar-refractivity contribution is 5.93. The summed E-state index contributed by atoms with van der Waals surface area (Å²) >= 11 is 0. The molecule has 0 aliphatic carbocycles. The molecule has 0 atom stereocenters. The third kappa shape index (κ3) is 3.48. The Labute approximate surface area is 110 Å². The average molecular weight is 259 g/mol. The molecule has 6 heteroatoms. The standard InChI is InChI=1S/C13H14FN5/c1-8-7-9(2)17-13(16-8)19-12(15)18-11-6-4-3-5-10(11)14/h3-7H,1-2H3,(H3,15,16,17,18,19). The zero-order valence-electron chi connectivity index (χ0n) is 10.7. The number of nitrogens with two attached hydrogens (primary N) is 1. The number of guanidine groups is 1. The van der Waals surface area contributed by atoms with Gasteiger partial charge in [0.1, 0.15) is 5.82 Å². The summed E-state index contributed by atoms with van der Waals surface area (Å²) in [5.41, 5.74) is 7.55. The van der Waals surface area contributed by atoms with Crippen molar-refractivity contribution in [3.63, 3.8) is 0 Å². The van der Waals surface area contributed by atoms with E-state index in [4.69, 9.17) is 5.73 Å². The second-order valence-corrected chi connectivity index (χ2v) is 4.05. The Balaban J connectivity index is 2.22. The number of nitrogens with zero attached hydrogens (tertiary/aromatic N) is 3. The number of rotatable bonds is 2. The summed E-state index contributed by atoms with van der Waals surface area (Å²) in [7, 11) is 0. The van der Waals surface area contributed by atoms with Crippen LogP contribution in [-0.2, 0) is 0 Å². The van der Waals surface area contributed by atoms with Crippen molar-refractivity contribution in [1.29, 1.82) is 0 Å². The van der Waals surface area contributed by atoms with E-state index >= 15 is 0 Å². The van der Waals surface area contributed by atoms with E-state index in [1.54, 1.807) is 18.2 Å². The van der Waals surface area contributed by atoms with Gasteiger partial charge in [-0.1, -0.05) is 12.1 Å². The summed E-state index contributed by atoms with van der Waals surface area (Å²) in [6.45, 7) is 3.68. The first-order chi connectivity index (χ1) is 9.04. The number of hydrogen-bond donors (Lipinski definition) is 2. The van der Waals surface area contributed by atoms with Crippen molar-refractivity contribution in [2.75, 3.05) is 5.32 Å². The molecule has 0 unspecified atom stereocenters. The van der Waals surface area contributed by atoms with Crippen LogP contribution in [0.4, 0.5) is 16.0 Å². The number of aromatic nitrogens is 2. The van der Waals surface area contributed by atoms with Crippen LogP contribution in [0.3, 0.4) is 0 Å². The fourth-order valence-corrected chi connectivity index (χ4v) is 1.59. The van der Waals surface area contributed by atoms with E-state index in [0.717, 1.165) is 11.4 Å². The molecule has 0 radical (unpaired) electrons. The lowest BCUT2D eigenvalue weighted by molar-refractivity contribution is 0.632. The monoisotopic (exact) mass is 259 g/mol. The number of benzene rings is 1. The van der Waals surface area contributed by atoms with Crippen molar-refractivity contribution < 1.29 is 4.39 Å². The molecule has 1 aromatic carbocycles. The first-order valence-electron chi connectivity index (χ1n) is 5.72. The van der Waals surface area contributed by atoms with Gasteiger partial charge in [0.25, 0.3) is 5.95 Å². The van der Waals surface area contributed by atoms with Crippen LogP contribution in [0.2, 0.25) is 0 Å². The summed E-state index contributed by atoms with van der Waals surface area (Å²) in [4.78, 5) is 12.3. The summed E-state index contributed by atoms with van der Waals surface area (Å²) in [5.74, 6) is -0.115. The molecule has 1 aromatic heterocycles. The molecular formula is C13H14FN5. The zero-order chi connectivity index (χ0) is 13.8. The average Bonchev–Trinajstić information content (AvgIpc) is 2.30. The second kappa shape index (κ2) is 5.43. The van der Waals surface area contributed by atoms with Crippen molar-refractivity contribution in [2.45, 2.75) is 13.8 Å². The third-order valence-electron chi connectivity index (χ3n) is 2.33. The van der Waals surface area contributed by atoms with Gasteiger partial charge in [-0.3, -0.25) is 0 Å². The van der Waals surface area contributed by atoms with Gasteiger partial charge in [-0.2, -0.15) is 4.99 Å². The Morgan fingerprint density at radius 1 is 1.21 bits per heavy atom. The maximum Gasteiger partial charge on any atom is 0.253 e. The molecule has 0 aliphatic rings. The Hall–Kier alpha value is -2.50. The van der Waals surface area contributed by atoms with E-state index in [0.29, 0.717) is 0 Å². The SMILES string of the molecule is Cc1cc(C)nc(/N=C(/N)Nc2ccccc2F)n1. The molecule has 0 aliphatic heterocycles. The number of halogens is 1. The number of hydrogen-bond acceptors (Lipinski definition) is 3. The van der Waals surface area contributed by atoms with Gasteiger partial charge in [0.05, 0.1) is 5.69 Å². The van der Waals surface area contributed by atoms with Gasteiger partial charge >= 0.3 is 0 Å². The van der Waals surface area contributed by atoms with Crippen LogP contribution in [0.5, 0.6) is 0 Å². The molecule has 0 bridgehead atoms. The largest absolute Gasteiger partial charge is 0.369 e. The van der Waals surface area contributed by atoms with Crippen molar-refractivity contribution in [3.8, 4) is 0 Å². The molecule has 1 heterocycles. The summed E-state index contributed by atoms with van der Waals surface area (Å²) in [5, 5.41) is 2.67. The molecule has 0 saturated carbocycles. The van der Waals surface area contributed by atoms with E-state index in [1.807, 2.05) is 19.9 Å². The Bertz CT molecular complexity index is 604. The lowest BCUT2D eigenvalue weighted by atomic mass is 10.3. The van der Waals surface area contributed by atoms with Gasteiger partial charge in [0.15, 0.2) is 0 Å². The molecule has 0 spiro atoms. The Kier molecular flexibility index (Phi) is 3.70. The predicted molar refractivity (Wildman–Crippen MR) is 72.8 cm³/mol. The number of anilines is 1. The highest BCUT2D eigenvalue weighted by Crippen LogP contribution is 2.13. The lowest BCUT2D eigenvalue weighted by Gasteiger charge is -2.06.